The molecule has 0 saturated carbocycles. The van der Waals surface area contributed by atoms with Crippen molar-refractivity contribution < 1.29 is 23.9 Å². The van der Waals surface area contributed by atoms with E-state index in [0.717, 1.165) is 4.90 Å². The lowest BCUT2D eigenvalue weighted by molar-refractivity contribution is -0.135. The molecule has 0 aliphatic rings. The van der Waals surface area contributed by atoms with Crippen molar-refractivity contribution in [3.05, 3.63) is 0 Å². The van der Waals surface area contributed by atoms with E-state index in [4.69, 9.17) is 16.0 Å². The van der Waals surface area contributed by atoms with Crippen LogP contribution in [-0.2, 0) is 4.79 Å². The highest BCUT2D eigenvalue weighted by Crippen LogP contribution is 2.06. The predicted octanol–water partition coefficient (Wildman–Crippen LogP) is -0.545. The van der Waals surface area contributed by atoms with E-state index in [-0.39, 0.29) is 12.4 Å². The number of alkyl halides is 2. The number of aliphatic hydroxyl groups excluding tert-OH is 1. The lowest BCUT2D eigenvalue weighted by atomic mass is 10.1. The Hall–Kier alpha value is -1.44. The van der Waals surface area contributed by atoms with Gasteiger partial charge in [0.2, 0.25) is 5.91 Å². The number of nitrogens with zero attached hydrogens (tertiary/aromatic N) is 2. The van der Waals surface area contributed by atoms with Crippen molar-refractivity contribution in [2.45, 2.75) is 13.3 Å². The van der Waals surface area contributed by atoms with Crippen molar-refractivity contribution in [2.24, 2.45) is 16.8 Å². The number of carbonyl (C=O) groups is 1. The van der Waals surface area contributed by atoms with Gasteiger partial charge in [0.25, 0.3) is 6.43 Å². The van der Waals surface area contributed by atoms with Crippen molar-refractivity contribution in [3.63, 3.8) is 0 Å². The van der Waals surface area contributed by atoms with Gasteiger partial charge in [-0.25, -0.2) is 8.78 Å². The minimum Gasteiger partial charge on any atom is -0.409 e. The maximum Gasteiger partial charge on any atom is 0.255 e. The minimum absolute atomic E-state index is 0.216. The van der Waals surface area contributed by atoms with E-state index in [0.29, 0.717) is 0 Å². The smallest absolute Gasteiger partial charge is 0.255 e. The van der Waals surface area contributed by atoms with Crippen LogP contribution < -0.4 is 5.73 Å². The van der Waals surface area contributed by atoms with Crippen LogP contribution in [0.5, 0.6) is 0 Å². The molecule has 0 aliphatic carbocycles. The highest BCUT2D eigenvalue weighted by molar-refractivity contribution is 6.01. The number of oxime groups is 1. The summed E-state index contributed by atoms with van der Waals surface area (Å²) >= 11 is 0. The van der Waals surface area contributed by atoms with E-state index < -0.39 is 31.4 Å². The molecule has 0 rings (SSSR count). The van der Waals surface area contributed by atoms with E-state index in [9.17, 15) is 13.6 Å². The van der Waals surface area contributed by atoms with E-state index in [1.165, 1.54) is 6.92 Å². The molecular weight excluding hydrogens is 224 g/mol. The molecule has 0 spiro atoms. The molecule has 16 heavy (non-hydrogen) atoms. The van der Waals surface area contributed by atoms with Gasteiger partial charge in [-0.15, -0.1) is 0 Å². The normalized spacial score (nSPS) is 13.9. The van der Waals surface area contributed by atoms with E-state index in [1.54, 1.807) is 0 Å². The standard InChI is InChI=1S/C8H15F2N3O3/c1-5(7(11)12-16)8(15)13(2-3-14)4-6(9)10/h5-6,14,16H,2-4H2,1H3,(H2,11,12). The monoisotopic (exact) mass is 239 g/mol. The molecule has 0 aromatic carbocycles. The number of carbonyl (C=O) groups excluding carboxylic acids is 1. The summed E-state index contributed by atoms with van der Waals surface area (Å²) in [5.74, 6) is -2.08. The van der Waals surface area contributed by atoms with E-state index >= 15 is 0 Å². The van der Waals surface area contributed by atoms with Crippen molar-refractivity contribution >= 4 is 11.7 Å². The van der Waals surface area contributed by atoms with E-state index in [2.05, 4.69) is 5.16 Å². The van der Waals surface area contributed by atoms with Gasteiger partial charge < -0.3 is 20.9 Å². The average molecular weight is 239 g/mol. The van der Waals surface area contributed by atoms with Gasteiger partial charge in [-0.2, -0.15) is 0 Å². The first-order chi connectivity index (χ1) is 7.43. The summed E-state index contributed by atoms with van der Waals surface area (Å²) in [6, 6.07) is 0. The average Bonchev–Trinajstić information content (AvgIpc) is 2.24. The third kappa shape index (κ3) is 4.39. The zero-order valence-electron chi connectivity index (χ0n) is 8.81. The maximum atomic E-state index is 12.1. The molecule has 0 saturated heterocycles. The molecule has 1 unspecified atom stereocenters. The van der Waals surface area contributed by atoms with Gasteiger partial charge in [0.1, 0.15) is 0 Å². The molecule has 1 amide bonds. The Kier molecular flexibility index (Phi) is 6.31. The van der Waals surface area contributed by atoms with Crippen molar-refractivity contribution in [1.29, 1.82) is 0 Å². The number of nitrogens with two attached hydrogens (primary N) is 1. The molecule has 6 nitrogen and oxygen atoms in total. The second kappa shape index (κ2) is 6.94. The summed E-state index contributed by atoms with van der Waals surface area (Å²) in [4.78, 5) is 12.3. The third-order valence-corrected chi connectivity index (χ3v) is 1.97. The number of aliphatic hydroxyl groups is 1. The van der Waals surface area contributed by atoms with Crippen molar-refractivity contribution in [1.82, 2.24) is 4.90 Å². The molecule has 1 atom stereocenters. The second-order valence-electron chi connectivity index (χ2n) is 3.15. The first-order valence-electron chi connectivity index (χ1n) is 4.59. The van der Waals surface area contributed by atoms with Crippen LogP contribution in [0.25, 0.3) is 0 Å². The van der Waals surface area contributed by atoms with Crippen LogP contribution >= 0.6 is 0 Å². The molecule has 0 aromatic rings. The molecule has 8 heteroatoms. The van der Waals surface area contributed by atoms with Gasteiger partial charge in [0, 0.05) is 6.54 Å². The molecule has 4 N–H and O–H groups in total. The Labute approximate surface area is 91.3 Å². The lowest BCUT2D eigenvalue weighted by Gasteiger charge is -2.24. The first kappa shape index (κ1) is 14.6. The predicted molar refractivity (Wildman–Crippen MR) is 52.2 cm³/mol. The largest absolute Gasteiger partial charge is 0.409 e. The van der Waals surface area contributed by atoms with Gasteiger partial charge >= 0.3 is 0 Å². The van der Waals surface area contributed by atoms with Gasteiger partial charge in [0.05, 0.1) is 19.1 Å². The maximum absolute atomic E-state index is 12.1. The number of rotatable bonds is 6. The third-order valence-electron chi connectivity index (χ3n) is 1.97. The highest BCUT2D eigenvalue weighted by atomic mass is 19.3. The summed E-state index contributed by atoms with van der Waals surface area (Å²) in [5, 5.41) is 19.6. The SMILES string of the molecule is CC(C(=O)N(CCO)CC(F)F)C(N)=NO. The number of hydrogen-bond donors (Lipinski definition) is 3. The van der Waals surface area contributed by atoms with Crippen LogP contribution in [0.15, 0.2) is 5.16 Å². The zero-order valence-corrected chi connectivity index (χ0v) is 8.81. The van der Waals surface area contributed by atoms with Crippen LogP contribution in [0, 0.1) is 5.92 Å². The number of halogens is 2. The molecule has 0 heterocycles. The quantitative estimate of drug-likeness (QED) is 0.251. The van der Waals surface area contributed by atoms with Crippen LogP contribution in [0.4, 0.5) is 8.78 Å². The summed E-state index contributed by atoms with van der Waals surface area (Å²) in [7, 11) is 0. The Morgan fingerprint density at radius 1 is 1.56 bits per heavy atom. The van der Waals surface area contributed by atoms with Gasteiger partial charge in [-0.1, -0.05) is 5.16 Å². The molecule has 0 aromatic heterocycles. The Balaban J connectivity index is 4.60. The molecule has 94 valence electrons. The van der Waals surface area contributed by atoms with Gasteiger partial charge in [0.15, 0.2) is 5.84 Å². The van der Waals surface area contributed by atoms with Crippen LogP contribution in [0.1, 0.15) is 6.92 Å². The minimum atomic E-state index is -2.70. The fourth-order valence-corrected chi connectivity index (χ4v) is 1.07. The molecule has 0 aliphatic heterocycles. The highest BCUT2D eigenvalue weighted by Gasteiger charge is 2.25. The number of amidine groups is 1. The second-order valence-corrected chi connectivity index (χ2v) is 3.15. The summed E-state index contributed by atoms with van der Waals surface area (Å²) in [6.45, 7) is -0.108. The molecule has 0 bridgehead atoms. The topological polar surface area (TPSA) is 99.2 Å². The molecule has 0 fully saturated rings. The summed E-state index contributed by atoms with van der Waals surface area (Å²) in [6.07, 6.45) is -2.70. The molecule has 0 radical (unpaired) electrons. The number of amides is 1. The first-order valence-corrected chi connectivity index (χ1v) is 4.59. The van der Waals surface area contributed by atoms with Crippen LogP contribution in [0.2, 0.25) is 0 Å². The Bertz CT molecular complexity index is 261. The van der Waals surface area contributed by atoms with Crippen molar-refractivity contribution in [2.75, 3.05) is 19.7 Å². The van der Waals surface area contributed by atoms with Gasteiger partial charge in [-0.05, 0) is 6.92 Å². The zero-order chi connectivity index (χ0) is 12.7. The molecular formula is C8H15F2N3O3. The van der Waals surface area contributed by atoms with Crippen LogP contribution in [-0.4, -0.2) is 53.1 Å². The fourth-order valence-electron chi connectivity index (χ4n) is 1.07. The Morgan fingerprint density at radius 2 is 2.12 bits per heavy atom. The van der Waals surface area contributed by atoms with Crippen LogP contribution in [0.3, 0.4) is 0 Å². The number of hydrogen-bond acceptors (Lipinski definition) is 4. The van der Waals surface area contributed by atoms with Crippen molar-refractivity contribution in [3.8, 4) is 0 Å². The van der Waals surface area contributed by atoms with Gasteiger partial charge in [-0.3, -0.25) is 4.79 Å². The van der Waals surface area contributed by atoms with E-state index in [1.807, 2.05) is 0 Å². The lowest BCUT2D eigenvalue weighted by Crippen LogP contribution is -2.44. The fraction of sp³-hybridized carbons (Fsp3) is 0.750. The summed E-state index contributed by atoms with van der Waals surface area (Å²) in [5.41, 5.74) is 5.18. The summed E-state index contributed by atoms with van der Waals surface area (Å²) < 4.78 is 24.3. The Morgan fingerprint density at radius 3 is 2.50 bits per heavy atom.